The maximum atomic E-state index is 10.2. The molecular formula is C13H10Br2O2S. The van der Waals surface area contributed by atoms with Crippen LogP contribution in [0.5, 0.6) is 5.75 Å². The number of hydrogen-bond donors (Lipinski definition) is 1. The van der Waals surface area contributed by atoms with Gasteiger partial charge in [0.05, 0.1) is 6.10 Å². The highest BCUT2D eigenvalue weighted by Gasteiger charge is 2.28. The van der Waals surface area contributed by atoms with E-state index in [1.165, 1.54) is 0 Å². The SMILES string of the molecule is O[C@H]1CC(c2cc(Br)cs2)Oc2ccc(Br)cc21. The van der Waals surface area contributed by atoms with E-state index >= 15 is 0 Å². The predicted octanol–water partition coefficient (Wildman–Crippen LogP) is 4.83. The van der Waals surface area contributed by atoms with Crippen LogP contribution in [0.25, 0.3) is 0 Å². The second-order valence-electron chi connectivity index (χ2n) is 4.21. The van der Waals surface area contributed by atoms with Crippen LogP contribution in [-0.4, -0.2) is 5.11 Å². The Morgan fingerprint density at radius 1 is 1.22 bits per heavy atom. The highest BCUT2D eigenvalue weighted by atomic mass is 79.9. The van der Waals surface area contributed by atoms with Gasteiger partial charge < -0.3 is 9.84 Å². The molecule has 1 aromatic heterocycles. The summed E-state index contributed by atoms with van der Waals surface area (Å²) >= 11 is 8.50. The van der Waals surface area contributed by atoms with E-state index in [2.05, 4.69) is 31.9 Å². The Balaban J connectivity index is 1.94. The molecule has 94 valence electrons. The van der Waals surface area contributed by atoms with Crippen molar-refractivity contribution in [3.8, 4) is 5.75 Å². The van der Waals surface area contributed by atoms with Crippen LogP contribution in [0.2, 0.25) is 0 Å². The number of hydrogen-bond acceptors (Lipinski definition) is 3. The number of thiophene rings is 1. The van der Waals surface area contributed by atoms with E-state index in [0.717, 1.165) is 25.1 Å². The predicted molar refractivity (Wildman–Crippen MR) is 79.1 cm³/mol. The molecule has 18 heavy (non-hydrogen) atoms. The molecule has 2 heterocycles. The number of benzene rings is 1. The fraction of sp³-hybridized carbons (Fsp3) is 0.231. The minimum absolute atomic E-state index is 0.0648. The highest BCUT2D eigenvalue weighted by molar-refractivity contribution is 9.10. The van der Waals surface area contributed by atoms with Crippen LogP contribution in [0.4, 0.5) is 0 Å². The summed E-state index contributed by atoms with van der Waals surface area (Å²) in [5, 5.41) is 12.2. The molecule has 0 spiro atoms. The third kappa shape index (κ3) is 2.37. The van der Waals surface area contributed by atoms with Crippen molar-refractivity contribution < 1.29 is 9.84 Å². The molecule has 0 bridgehead atoms. The molecule has 0 saturated heterocycles. The lowest BCUT2D eigenvalue weighted by Crippen LogP contribution is -2.18. The first-order valence-electron chi connectivity index (χ1n) is 5.51. The Morgan fingerprint density at radius 3 is 2.78 bits per heavy atom. The van der Waals surface area contributed by atoms with Gasteiger partial charge in [0.25, 0.3) is 0 Å². The molecule has 1 aliphatic heterocycles. The minimum Gasteiger partial charge on any atom is -0.484 e. The number of fused-ring (bicyclic) bond motifs is 1. The van der Waals surface area contributed by atoms with Crippen LogP contribution in [0, 0.1) is 0 Å². The molecule has 0 amide bonds. The largest absolute Gasteiger partial charge is 0.484 e. The fourth-order valence-corrected chi connectivity index (χ4v) is 3.95. The second kappa shape index (κ2) is 4.96. The summed E-state index contributed by atoms with van der Waals surface area (Å²) in [7, 11) is 0. The lowest BCUT2D eigenvalue weighted by atomic mass is 9.98. The van der Waals surface area contributed by atoms with E-state index in [4.69, 9.17) is 4.74 Å². The van der Waals surface area contributed by atoms with Crippen molar-refractivity contribution in [2.75, 3.05) is 0 Å². The summed E-state index contributed by atoms with van der Waals surface area (Å²) in [5.74, 6) is 0.770. The van der Waals surface area contributed by atoms with Gasteiger partial charge >= 0.3 is 0 Å². The first-order chi connectivity index (χ1) is 8.63. The summed E-state index contributed by atoms with van der Waals surface area (Å²) in [4.78, 5) is 1.13. The third-order valence-electron chi connectivity index (χ3n) is 2.94. The lowest BCUT2D eigenvalue weighted by Gasteiger charge is -2.29. The van der Waals surface area contributed by atoms with Gasteiger partial charge in [-0.15, -0.1) is 11.3 Å². The van der Waals surface area contributed by atoms with Crippen LogP contribution in [0.3, 0.4) is 0 Å². The average Bonchev–Trinajstić information content (AvgIpc) is 2.77. The smallest absolute Gasteiger partial charge is 0.136 e. The van der Waals surface area contributed by atoms with E-state index in [1.54, 1.807) is 11.3 Å². The molecule has 2 atom stereocenters. The molecular weight excluding hydrogens is 380 g/mol. The van der Waals surface area contributed by atoms with Crippen molar-refractivity contribution in [1.29, 1.82) is 0 Å². The van der Waals surface area contributed by atoms with Crippen molar-refractivity contribution >= 4 is 43.2 Å². The van der Waals surface area contributed by atoms with Crippen LogP contribution in [0.15, 0.2) is 38.6 Å². The summed E-state index contributed by atoms with van der Waals surface area (Å²) in [6.07, 6.45) is 0.0539. The number of ether oxygens (including phenoxy) is 1. The Morgan fingerprint density at radius 2 is 2.06 bits per heavy atom. The van der Waals surface area contributed by atoms with Gasteiger partial charge in [-0.3, -0.25) is 0 Å². The van der Waals surface area contributed by atoms with Crippen LogP contribution in [-0.2, 0) is 0 Å². The van der Waals surface area contributed by atoms with Crippen molar-refractivity contribution in [2.45, 2.75) is 18.6 Å². The average molecular weight is 390 g/mol. The first kappa shape index (κ1) is 12.7. The van der Waals surface area contributed by atoms with E-state index in [0.29, 0.717) is 6.42 Å². The monoisotopic (exact) mass is 388 g/mol. The van der Waals surface area contributed by atoms with Crippen LogP contribution >= 0.6 is 43.2 Å². The van der Waals surface area contributed by atoms with Crippen LogP contribution < -0.4 is 4.74 Å². The van der Waals surface area contributed by atoms with Gasteiger partial charge in [-0.1, -0.05) is 15.9 Å². The van der Waals surface area contributed by atoms with E-state index in [9.17, 15) is 5.11 Å². The number of rotatable bonds is 1. The molecule has 2 nitrogen and oxygen atoms in total. The number of halogens is 2. The molecule has 1 unspecified atom stereocenters. The van der Waals surface area contributed by atoms with Gasteiger partial charge in [0.2, 0.25) is 0 Å². The molecule has 5 heteroatoms. The zero-order valence-electron chi connectivity index (χ0n) is 9.27. The van der Waals surface area contributed by atoms with Gasteiger partial charge in [-0.25, -0.2) is 0 Å². The maximum Gasteiger partial charge on any atom is 0.136 e. The van der Waals surface area contributed by atoms with Crippen molar-refractivity contribution in [3.05, 3.63) is 49.0 Å². The van der Waals surface area contributed by atoms with Crippen molar-refractivity contribution in [1.82, 2.24) is 0 Å². The topological polar surface area (TPSA) is 29.5 Å². The molecule has 0 radical (unpaired) electrons. The van der Waals surface area contributed by atoms with E-state index in [-0.39, 0.29) is 6.10 Å². The molecule has 3 rings (SSSR count). The third-order valence-corrected chi connectivity index (χ3v) is 5.22. The maximum absolute atomic E-state index is 10.2. The van der Waals surface area contributed by atoms with Gasteiger partial charge in [0.1, 0.15) is 11.9 Å². The first-order valence-corrected chi connectivity index (χ1v) is 7.98. The standard InChI is InChI=1S/C13H10Br2O2S/c14-7-1-2-11-9(3-7)10(16)5-12(17-11)13-4-8(15)6-18-13/h1-4,6,10,12,16H,5H2/t10-,12?/m0/s1. The van der Waals surface area contributed by atoms with Crippen LogP contribution in [0.1, 0.15) is 29.1 Å². The lowest BCUT2D eigenvalue weighted by molar-refractivity contribution is 0.0673. The quantitative estimate of drug-likeness (QED) is 0.756. The normalized spacial score (nSPS) is 22.4. The minimum atomic E-state index is -0.475. The molecule has 2 aromatic rings. The summed E-state index contributed by atoms with van der Waals surface area (Å²) in [5.41, 5.74) is 0.858. The Labute approximate surface area is 126 Å². The van der Waals surface area contributed by atoms with E-state index in [1.807, 2.05) is 29.6 Å². The Bertz CT molecular complexity index is 582. The highest BCUT2D eigenvalue weighted by Crippen LogP contribution is 2.43. The zero-order valence-corrected chi connectivity index (χ0v) is 13.3. The summed E-state index contributed by atoms with van der Waals surface area (Å²) in [6.45, 7) is 0. The molecule has 1 aromatic carbocycles. The van der Waals surface area contributed by atoms with Crippen molar-refractivity contribution in [3.63, 3.8) is 0 Å². The summed E-state index contributed by atoms with van der Waals surface area (Å²) < 4.78 is 7.98. The second-order valence-corrected chi connectivity index (χ2v) is 6.98. The van der Waals surface area contributed by atoms with Gasteiger partial charge in [0.15, 0.2) is 0 Å². The molecule has 0 fully saturated rings. The van der Waals surface area contributed by atoms with Crippen molar-refractivity contribution in [2.24, 2.45) is 0 Å². The van der Waals surface area contributed by atoms with E-state index < -0.39 is 6.10 Å². The zero-order chi connectivity index (χ0) is 12.7. The van der Waals surface area contributed by atoms with Gasteiger partial charge in [-0.2, -0.15) is 0 Å². The number of aliphatic hydroxyl groups excluding tert-OH is 1. The van der Waals surface area contributed by atoms with Gasteiger partial charge in [0, 0.05) is 31.2 Å². The molecule has 0 aliphatic carbocycles. The fourth-order valence-electron chi connectivity index (χ4n) is 2.09. The molecule has 0 saturated carbocycles. The molecule has 1 N–H and O–H groups in total. The van der Waals surface area contributed by atoms with Gasteiger partial charge in [-0.05, 0) is 40.2 Å². The Hall–Kier alpha value is -0.360. The molecule has 1 aliphatic rings. The Kier molecular flexibility index (Phi) is 3.49. The number of aliphatic hydroxyl groups is 1. The summed E-state index contributed by atoms with van der Waals surface area (Å²) in [6, 6.07) is 7.79.